The molecule has 0 unspecified atom stereocenters. The lowest BCUT2D eigenvalue weighted by molar-refractivity contribution is -0.120. The third kappa shape index (κ3) is 3.75. The molecule has 31 heavy (non-hydrogen) atoms. The molecule has 1 atom stereocenters. The second-order valence-electron chi connectivity index (χ2n) is 7.97. The molecule has 4 rings (SSSR count). The fraction of sp³-hybridized carbons (Fsp3) is 0.455. The molecule has 2 heterocycles. The van der Waals surface area contributed by atoms with E-state index in [4.69, 9.17) is 15.5 Å². The van der Waals surface area contributed by atoms with Crippen molar-refractivity contribution in [2.75, 3.05) is 29.3 Å². The first-order valence-corrected chi connectivity index (χ1v) is 10.6. The molecule has 3 N–H and O–H groups in total. The smallest absolute Gasteiger partial charge is 0.249 e. The zero-order chi connectivity index (χ0) is 22.1. The minimum Gasteiger partial charge on any atom is -0.495 e. The van der Waals surface area contributed by atoms with E-state index in [0.717, 1.165) is 31.5 Å². The van der Waals surface area contributed by atoms with Crippen LogP contribution in [0.4, 0.5) is 23.1 Å². The van der Waals surface area contributed by atoms with Crippen LogP contribution in [-0.2, 0) is 4.79 Å². The van der Waals surface area contributed by atoms with Crippen molar-refractivity contribution in [1.82, 2.24) is 9.97 Å². The maximum Gasteiger partial charge on any atom is 0.249 e. The fourth-order valence-electron chi connectivity index (χ4n) is 4.51. The quantitative estimate of drug-likeness (QED) is 0.725. The maximum atomic E-state index is 13.0. The average molecular weight is 429 g/mol. The van der Waals surface area contributed by atoms with E-state index in [2.05, 4.69) is 15.2 Å². The number of amides is 2. The van der Waals surface area contributed by atoms with Crippen LogP contribution in [-0.4, -0.2) is 48.0 Å². The van der Waals surface area contributed by atoms with Gasteiger partial charge in [0.25, 0.3) is 0 Å². The van der Waals surface area contributed by atoms with E-state index in [-0.39, 0.29) is 14.8 Å². The molecule has 0 radical (unpaired) electrons. The molecule has 9 heteroatoms. The number of carbonyl (C=O) groups is 2. The van der Waals surface area contributed by atoms with Crippen molar-refractivity contribution in [3.8, 4) is 5.75 Å². The van der Waals surface area contributed by atoms with Crippen molar-refractivity contribution in [3.05, 3.63) is 30.0 Å². The van der Waals surface area contributed by atoms with Gasteiger partial charge in [0.1, 0.15) is 17.5 Å². The number of anilines is 4. The van der Waals surface area contributed by atoms with Crippen LogP contribution >= 0.6 is 0 Å². The van der Waals surface area contributed by atoms with Gasteiger partial charge in [-0.2, -0.15) is 4.98 Å². The number of carbonyl (C=O) groups excluding carboxylic acids is 2. The van der Waals surface area contributed by atoms with E-state index >= 15 is 0 Å². The molecule has 0 spiro atoms. The number of nitrogens with two attached hydrogens (primary N) is 1. The van der Waals surface area contributed by atoms with Gasteiger partial charge in [0, 0.05) is 21.5 Å². The van der Waals surface area contributed by atoms with Crippen LogP contribution < -0.4 is 25.6 Å². The monoisotopic (exact) mass is 428 g/mol. The van der Waals surface area contributed by atoms with Gasteiger partial charge in [-0.1, -0.05) is 19.8 Å². The highest BCUT2D eigenvalue weighted by molar-refractivity contribution is 6.04. The summed E-state index contributed by atoms with van der Waals surface area (Å²) in [5, 5.41) is 3.18. The number of nitrogens with zero attached hydrogens (tertiary/aromatic N) is 4. The lowest BCUT2D eigenvalue weighted by Crippen LogP contribution is -2.55. The Balaban J connectivity index is 0.00000193. The molecule has 0 bridgehead atoms. The minimum atomic E-state index is -0.527. The van der Waals surface area contributed by atoms with Crippen molar-refractivity contribution >= 4 is 35.0 Å². The Labute approximate surface area is 184 Å². The van der Waals surface area contributed by atoms with E-state index in [1.807, 2.05) is 6.92 Å². The SMILES string of the molecule is CC[C@@H]1C(=O)N(C)c2cnc(Nc3ccc(C(N)=O)cc3OC)nc2N1C1CCCC1.[HH].[HH]. The zero-order valence-corrected chi connectivity index (χ0v) is 18.1. The highest BCUT2D eigenvalue weighted by Gasteiger charge is 2.41. The van der Waals surface area contributed by atoms with Crippen LogP contribution in [0.2, 0.25) is 0 Å². The maximum absolute atomic E-state index is 13.0. The van der Waals surface area contributed by atoms with Crippen LogP contribution in [0, 0.1) is 0 Å². The molecule has 2 aliphatic rings. The lowest BCUT2D eigenvalue weighted by Gasteiger charge is -2.43. The molecule has 9 nitrogen and oxygen atoms in total. The van der Waals surface area contributed by atoms with Crippen LogP contribution in [0.1, 0.15) is 52.2 Å². The van der Waals surface area contributed by atoms with Gasteiger partial charge in [-0.25, -0.2) is 4.98 Å². The van der Waals surface area contributed by atoms with Gasteiger partial charge in [-0.3, -0.25) is 9.59 Å². The molecule has 0 saturated heterocycles. The number of fused-ring (bicyclic) bond motifs is 1. The Hall–Kier alpha value is -3.36. The number of hydrogen-bond donors (Lipinski definition) is 2. The number of rotatable bonds is 6. The summed E-state index contributed by atoms with van der Waals surface area (Å²) in [6, 6.07) is 4.98. The van der Waals surface area contributed by atoms with E-state index in [0.29, 0.717) is 41.1 Å². The molecule has 1 fully saturated rings. The first-order valence-electron chi connectivity index (χ1n) is 10.6. The van der Waals surface area contributed by atoms with Crippen molar-refractivity contribution in [1.29, 1.82) is 0 Å². The number of likely N-dealkylation sites (N-methyl/N-ethyl adjacent to an activating group) is 1. The Morgan fingerprint density at radius 3 is 2.74 bits per heavy atom. The van der Waals surface area contributed by atoms with Gasteiger partial charge in [0.2, 0.25) is 17.8 Å². The molecule has 1 aromatic carbocycles. The topological polar surface area (TPSA) is 114 Å². The van der Waals surface area contributed by atoms with Gasteiger partial charge in [0.05, 0.1) is 19.0 Å². The molecule has 1 aliphatic carbocycles. The number of nitrogens with one attached hydrogen (secondary N) is 1. The second-order valence-corrected chi connectivity index (χ2v) is 7.97. The highest BCUT2D eigenvalue weighted by Crippen LogP contribution is 2.40. The second kappa shape index (κ2) is 8.41. The van der Waals surface area contributed by atoms with Gasteiger partial charge >= 0.3 is 0 Å². The first kappa shape index (κ1) is 20.9. The van der Waals surface area contributed by atoms with Crippen molar-refractivity contribution in [3.63, 3.8) is 0 Å². The summed E-state index contributed by atoms with van der Waals surface area (Å²) in [5.41, 5.74) is 7.05. The summed E-state index contributed by atoms with van der Waals surface area (Å²) in [7, 11) is 3.30. The van der Waals surface area contributed by atoms with Gasteiger partial charge in [-0.05, 0) is 37.5 Å². The summed E-state index contributed by atoms with van der Waals surface area (Å²) >= 11 is 0. The van der Waals surface area contributed by atoms with Gasteiger partial charge in [-0.15, -0.1) is 0 Å². The predicted octanol–water partition coefficient (Wildman–Crippen LogP) is 3.32. The summed E-state index contributed by atoms with van der Waals surface area (Å²) in [6.45, 7) is 2.04. The van der Waals surface area contributed by atoms with Crippen molar-refractivity contribution in [2.45, 2.75) is 51.1 Å². The van der Waals surface area contributed by atoms with Crippen LogP contribution in [0.3, 0.4) is 0 Å². The Morgan fingerprint density at radius 1 is 1.35 bits per heavy atom. The third-order valence-electron chi connectivity index (χ3n) is 6.14. The van der Waals surface area contributed by atoms with Gasteiger partial charge < -0.3 is 25.6 Å². The molecule has 1 aromatic heterocycles. The third-order valence-corrected chi connectivity index (χ3v) is 6.14. The van der Waals surface area contributed by atoms with E-state index in [1.54, 1.807) is 36.3 Å². The van der Waals surface area contributed by atoms with Crippen LogP contribution in [0.15, 0.2) is 24.4 Å². The van der Waals surface area contributed by atoms with Crippen molar-refractivity contribution in [2.24, 2.45) is 5.73 Å². The summed E-state index contributed by atoms with van der Waals surface area (Å²) < 4.78 is 5.40. The summed E-state index contributed by atoms with van der Waals surface area (Å²) in [5.74, 6) is 1.18. The zero-order valence-electron chi connectivity index (χ0n) is 18.1. The van der Waals surface area contributed by atoms with E-state index in [9.17, 15) is 9.59 Å². The number of aromatic nitrogens is 2. The summed E-state index contributed by atoms with van der Waals surface area (Å²) in [4.78, 5) is 37.5. The molecular formula is C22H32N6O3. The van der Waals surface area contributed by atoms with Crippen molar-refractivity contribution < 1.29 is 17.2 Å². The normalized spacial score (nSPS) is 18.8. The van der Waals surface area contributed by atoms with E-state index < -0.39 is 5.91 Å². The molecule has 1 aliphatic heterocycles. The Kier molecular flexibility index (Phi) is 5.67. The number of ether oxygens (including phenoxy) is 1. The van der Waals surface area contributed by atoms with Crippen LogP contribution in [0.5, 0.6) is 5.75 Å². The summed E-state index contributed by atoms with van der Waals surface area (Å²) in [6.07, 6.45) is 6.84. The Bertz CT molecular complexity index is 1020. The Morgan fingerprint density at radius 2 is 2.10 bits per heavy atom. The minimum absolute atomic E-state index is 0. The standard InChI is InChI=1S/C22H28N6O3.2H2/c1-4-16-21(30)27(2)17-12-24-22(26-20(17)28(16)14-7-5-6-8-14)25-15-10-9-13(19(23)29)11-18(15)31-3;;/h9-12,14,16H,4-8H2,1-3H3,(H2,23,29)(H,24,25,26);2*1H/t16-;;/m1../s1. The number of methoxy groups -OCH3 is 1. The largest absolute Gasteiger partial charge is 0.495 e. The number of primary amides is 1. The van der Waals surface area contributed by atoms with Crippen LogP contribution in [0.25, 0.3) is 0 Å². The fourth-order valence-corrected chi connectivity index (χ4v) is 4.51. The van der Waals surface area contributed by atoms with Gasteiger partial charge in [0.15, 0.2) is 5.82 Å². The molecule has 2 aromatic rings. The first-order chi connectivity index (χ1) is 14.9. The highest BCUT2D eigenvalue weighted by atomic mass is 16.5. The molecular weight excluding hydrogens is 396 g/mol. The average Bonchev–Trinajstić information content (AvgIpc) is 3.30. The lowest BCUT2D eigenvalue weighted by atomic mass is 10.0. The number of hydrogen-bond acceptors (Lipinski definition) is 7. The molecule has 2 amide bonds. The number of benzene rings is 1. The molecule has 168 valence electrons. The predicted molar refractivity (Wildman–Crippen MR) is 123 cm³/mol. The molecule has 1 saturated carbocycles. The van der Waals surface area contributed by atoms with E-state index in [1.165, 1.54) is 7.11 Å².